The van der Waals surface area contributed by atoms with Crippen LogP contribution < -0.4 is 11.1 Å². The molecule has 0 atom stereocenters. The van der Waals surface area contributed by atoms with Crippen LogP contribution in [-0.4, -0.2) is 68.5 Å². The molecule has 4 heterocycles. The third-order valence-corrected chi connectivity index (χ3v) is 7.07. The highest BCUT2D eigenvalue weighted by molar-refractivity contribution is 7.88. The molecule has 0 aliphatic carbocycles. The van der Waals surface area contributed by atoms with Crippen molar-refractivity contribution in [3.63, 3.8) is 0 Å². The Labute approximate surface area is 204 Å². The number of amides is 1. The molecule has 3 N–H and O–H groups in total. The molecule has 0 bridgehead atoms. The summed E-state index contributed by atoms with van der Waals surface area (Å²) < 4.78 is 67.4. The molecule has 4 rings (SSSR count). The quantitative estimate of drug-likeness (QED) is 0.497. The van der Waals surface area contributed by atoms with Crippen LogP contribution in [0.5, 0.6) is 0 Å². The number of hydrogen-bond acceptors (Lipinski definition) is 8. The summed E-state index contributed by atoms with van der Waals surface area (Å²) >= 11 is 0. The Morgan fingerprint density at radius 3 is 2.44 bits per heavy atom. The summed E-state index contributed by atoms with van der Waals surface area (Å²) in [7, 11) is -3.31. The van der Waals surface area contributed by atoms with E-state index in [4.69, 9.17) is 5.73 Å². The molecule has 1 fully saturated rings. The summed E-state index contributed by atoms with van der Waals surface area (Å²) in [5.74, 6) is -0.720. The van der Waals surface area contributed by atoms with Crippen molar-refractivity contribution in [2.45, 2.75) is 32.0 Å². The van der Waals surface area contributed by atoms with E-state index in [1.165, 1.54) is 27.5 Å². The molecule has 11 nitrogen and oxygen atoms in total. The number of rotatable bonds is 6. The van der Waals surface area contributed by atoms with Crippen LogP contribution in [0.3, 0.4) is 0 Å². The van der Waals surface area contributed by atoms with Gasteiger partial charge in [0, 0.05) is 31.5 Å². The number of imidazole rings is 1. The van der Waals surface area contributed by atoms with Gasteiger partial charge in [0.25, 0.3) is 5.91 Å². The minimum absolute atomic E-state index is 0.0194. The van der Waals surface area contributed by atoms with Crippen molar-refractivity contribution in [2.75, 3.05) is 24.7 Å². The summed E-state index contributed by atoms with van der Waals surface area (Å²) in [5.41, 5.74) is 4.72. The zero-order valence-electron chi connectivity index (χ0n) is 19.3. The average Bonchev–Trinajstić information content (AvgIpc) is 3.28. The molecule has 0 spiro atoms. The largest absolute Gasteiger partial charge is 0.420 e. The lowest BCUT2D eigenvalue weighted by molar-refractivity contribution is -0.137. The molecule has 3 aromatic rings. The Hall–Kier alpha value is -3.59. The number of nitrogens with zero attached hydrogens (tertiary/aromatic N) is 6. The van der Waals surface area contributed by atoms with Gasteiger partial charge in [0.2, 0.25) is 16.0 Å². The van der Waals surface area contributed by atoms with Gasteiger partial charge in [-0.05, 0) is 31.9 Å². The molecule has 0 radical (unpaired) electrons. The third kappa shape index (κ3) is 5.46. The van der Waals surface area contributed by atoms with Crippen molar-refractivity contribution in [3.05, 3.63) is 47.8 Å². The maximum absolute atomic E-state index is 13.7. The number of aromatic nitrogens is 5. The predicted molar refractivity (Wildman–Crippen MR) is 124 cm³/mol. The van der Waals surface area contributed by atoms with Crippen molar-refractivity contribution in [1.29, 1.82) is 0 Å². The highest BCUT2D eigenvalue weighted by Crippen LogP contribution is 2.36. The Morgan fingerprint density at radius 1 is 1.17 bits per heavy atom. The van der Waals surface area contributed by atoms with Crippen LogP contribution in [0.2, 0.25) is 0 Å². The Bertz CT molecular complexity index is 1400. The SMILES string of the molecule is Cc1nc(C(N)=O)ccc1-n1cnc(-c2nc(NC3CCN(S(C)(=O)=O)CC3)ncc2C(F)(F)F)c1. The van der Waals surface area contributed by atoms with Crippen LogP contribution in [0, 0.1) is 6.92 Å². The monoisotopic (exact) mass is 524 g/mol. The van der Waals surface area contributed by atoms with Gasteiger partial charge in [-0.2, -0.15) is 13.2 Å². The minimum Gasteiger partial charge on any atom is -0.364 e. The molecule has 192 valence electrons. The number of nitrogens with two attached hydrogens (primary N) is 1. The summed E-state index contributed by atoms with van der Waals surface area (Å²) in [6, 6.07) is 2.77. The number of sulfonamides is 1. The van der Waals surface area contributed by atoms with Gasteiger partial charge < -0.3 is 15.6 Å². The van der Waals surface area contributed by atoms with E-state index < -0.39 is 33.4 Å². The van der Waals surface area contributed by atoms with Crippen molar-refractivity contribution >= 4 is 21.9 Å². The van der Waals surface area contributed by atoms with Gasteiger partial charge in [-0.15, -0.1) is 0 Å². The van der Waals surface area contributed by atoms with Crippen molar-refractivity contribution in [2.24, 2.45) is 5.73 Å². The van der Waals surface area contributed by atoms with E-state index in [1.807, 2.05) is 0 Å². The smallest absolute Gasteiger partial charge is 0.364 e. The molecule has 15 heteroatoms. The van der Waals surface area contributed by atoms with Crippen molar-refractivity contribution in [3.8, 4) is 17.1 Å². The van der Waals surface area contributed by atoms with Crippen LogP contribution >= 0.6 is 0 Å². The summed E-state index contributed by atoms with van der Waals surface area (Å²) in [6.45, 7) is 2.21. The first-order valence-corrected chi connectivity index (χ1v) is 12.7. The first-order valence-electron chi connectivity index (χ1n) is 10.8. The Morgan fingerprint density at radius 2 is 1.86 bits per heavy atom. The number of alkyl halides is 3. The van der Waals surface area contributed by atoms with Crippen LogP contribution in [0.1, 0.15) is 34.6 Å². The second-order valence-corrected chi connectivity index (χ2v) is 10.3. The van der Waals surface area contributed by atoms with Crippen LogP contribution in [0.25, 0.3) is 17.1 Å². The summed E-state index contributed by atoms with van der Waals surface area (Å²) in [5, 5.41) is 3.01. The third-order valence-electron chi connectivity index (χ3n) is 5.76. The molecule has 1 saturated heterocycles. The molecule has 0 unspecified atom stereocenters. The zero-order chi connectivity index (χ0) is 26.3. The summed E-state index contributed by atoms with van der Waals surface area (Å²) in [6.07, 6.45) is 0.709. The molecule has 36 heavy (non-hydrogen) atoms. The molecule has 1 aliphatic rings. The van der Waals surface area contributed by atoms with E-state index in [0.717, 1.165) is 6.26 Å². The molecule has 1 aliphatic heterocycles. The van der Waals surface area contributed by atoms with Gasteiger partial charge in [0.1, 0.15) is 29.0 Å². The van der Waals surface area contributed by atoms with Crippen LogP contribution in [0.15, 0.2) is 30.9 Å². The maximum Gasteiger partial charge on any atom is 0.420 e. The van der Waals surface area contributed by atoms with Gasteiger partial charge in [0.05, 0.1) is 17.6 Å². The number of primary amides is 1. The van der Waals surface area contributed by atoms with E-state index in [-0.39, 0.29) is 36.5 Å². The summed E-state index contributed by atoms with van der Waals surface area (Å²) in [4.78, 5) is 27.5. The average molecular weight is 525 g/mol. The second kappa shape index (κ2) is 9.46. The molecule has 3 aromatic heterocycles. The number of hydrogen-bond donors (Lipinski definition) is 2. The van der Waals surface area contributed by atoms with Gasteiger partial charge in [-0.25, -0.2) is 32.7 Å². The van der Waals surface area contributed by atoms with Crippen molar-refractivity contribution in [1.82, 2.24) is 28.8 Å². The number of carbonyl (C=O) groups excluding carboxylic acids is 1. The second-order valence-electron chi connectivity index (χ2n) is 8.37. The van der Waals surface area contributed by atoms with E-state index in [9.17, 15) is 26.4 Å². The number of halogens is 3. The zero-order valence-corrected chi connectivity index (χ0v) is 20.1. The first kappa shape index (κ1) is 25.5. The fourth-order valence-corrected chi connectivity index (χ4v) is 4.78. The number of piperidine rings is 1. The fourth-order valence-electron chi connectivity index (χ4n) is 3.91. The van der Waals surface area contributed by atoms with Crippen LogP contribution in [-0.2, 0) is 16.2 Å². The number of anilines is 1. The van der Waals surface area contributed by atoms with Crippen LogP contribution in [0.4, 0.5) is 19.1 Å². The number of pyridine rings is 1. The molecule has 0 saturated carbocycles. The van der Waals surface area contributed by atoms with Gasteiger partial charge >= 0.3 is 6.18 Å². The molecular formula is C21H23F3N8O3S. The lowest BCUT2D eigenvalue weighted by Gasteiger charge is -2.30. The van der Waals surface area contributed by atoms with E-state index in [0.29, 0.717) is 30.4 Å². The highest BCUT2D eigenvalue weighted by atomic mass is 32.2. The lowest BCUT2D eigenvalue weighted by atomic mass is 10.1. The number of carbonyl (C=O) groups is 1. The Kier molecular flexibility index (Phi) is 6.70. The molecule has 1 amide bonds. The minimum atomic E-state index is -4.72. The van der Waals surface area contributed by atoms with Gasteiger partial charge in [-0.1, -0.05) is 0 Å². The first-order chi connectivity index (χ1) is 16.8. The van der Waals surface area contributed by atoms with Gasteiger partial charge in [-0.3, -0.25) is 4.79 Å². The van der Waals surface area contributed by atoms with Gasteiger partial charge in [0.15, 0.2) is 0 Å². The normalized spacial score (nSPS) is 15.7. The molecule has 0 aromatic carbocycles. The van der Waals surface area contributed by atoms with Crippen molar-refractivity contribution < 1.29 is 26.4 Å². The van der Waals surface area contributed by atoms with E-state index >= 15 is 0 Å². The van der Waals surface area contributed by atoms with E-state index in [1.54, 1.807) is 13.0 Å². The molecular weight excluding hydrogens is 501 g/mol. The standard InChI is InChI=1S/C21H23F3N8O3S/c1-12-17(4-3-15(28-12)19(25)33)31-10-16(27-11-31)18-14(21(22,23)24)9-26-20(30-18)29-13-5-7-32(8-6-13)36(2,34)35/h3-4,9-11,13H,5-8H2,1-2H3,(H2,25,33)(H,26,29,30). The topological polar surface area (TPSA) is 149 Å². The highest BCUT2D eigenvalue weighted by Gasteiger charge is 2.36. The Balaban J connectivity index is 1.62. The number of aryl methyl sites for hydroxylation is 1. The predicted octanol–water partition coefficient (Wildman–Crippen LogP) is 1.99. The maximum atomic E-state index is 13.7. The fraction of sp³-hybridized carbons (Fsp3) is 0.381. The number of nitrogens with one attached hydrogen (secondary N) is 1. The van der Waals surface area contributed by atoms with E-state index in [2.05, 4.69) is 25.3 Å². The lowest BCUT2D eigenvalue weighted by Crippen LogP contribution is -2.42.